The number of nitrogens with one attached hydrogen (secondary N) is 1. The number of anilines is 1. The summed E-state index contributed by atoms with van der Waals surface area (Å²) in [6.07, 6.45) is 0. The van der Waals surface area contributed by atoms with Gasteiger partial charge in [-0.1, -0.05) is 6.07 Å². The molecule has 0 heterocycles. The van der Waals surface area contributed by atoms with Crippen molar-refractivity contribution in [2.75, 3.05) is 5.32 Å². The number of carboxylic acids is 1. The van der Waals surface area contributed by atoms with Crippen molar-refractivity contribution in [2.45, 2.75) is 0 Å². The maximum atomic E-state index is 13.7. The van der Waals surface area contributed by atoms with Crippen LogP contribution in [0.3, 0.4) is 0 Å². The molecule has 0 bridgehead atoms. The van der Waals surface area contributed by atoms with E-state index in [0.717, 1.165) is 18.2 Å². The third-order valence-corrected chi connectivity index (χ3v) is 2.72. The molecule has 21 heavy (non-hydrogen) atoms. The number of amides is 1. The Labute approximate surface area is 118 Å². The number of para-hydroxylation sites is 1. The van der Waals surface area contributed by atoms with E-state index in [-0.39, 0.29) is 16.8 Å². The molecule has 7 heteroatoms. The van der Waals surface area contributed by atoms with Crippen LogP contribution in [-0.2, 0) is 0 Å². The van der Waals surface area contributed by atoms with Gasteiger partial charge in [-0.3, -0.25) is 4.79 Å². The maximum Gasteiger partial charge on any atom is 0.335 e. The van der Waals surface area contributed by atoms with Crippen molar-refractivity contribution in [3.05, 3.63) is 53.3 Å². The van der Waals surface area contributed by atoms with E-state index in [9.17, 15) is 24.2 Å². The van der Waals surface area contributed by atoms with Crippen molar-refractivity contribution in [3.63, 3.8) is 0 Å². The fourth-order valence-electron chi connectivity index (χ4n) is 1.65. The monoisotopic (exact) mass is 291 g/mol. The van der Waals surface area contributed by atoms with Crippen molar-refractivity contribution < 1.29 is 29.3 Å². The van der Waals surface area contributed by atoms with Gasteiger partial charge in [0.1, 0.15) is 5.82 Å². The second-order valence-electron chi connectivity index (χ2n) is 4.13. The normalized spacial score (nSPS) is 10.1. The first kappa shape index (κ1) is 14.3. The third-order valence-electron chi connectivity index (χ3n) is 2.72. The molecule has 1 amide bonds. The highest BCUT2D eigenvalue weighted by Crippen LogP contribution is 2.29. The zero-order chi connectivity index (χ0) is 15.6. The summed E-state index contributed by atoms with van der Waals surface area (Å²) in [5, 5.41) is 29.7. The molecule has 2 aromatic rings. The summed E-state index contributed by atoms with van der Waals surface area (Å²) in [5.41, 5.74) is -0.741. The van der Waals surface area contributed by atoms with Crippen LogP contribution in [-0.4, -0.2) is 27.2 Å². The molecular weight excluding hydrogens is 281 g/mol. The third kappa shape index (κ3) is 2.92. The summed E-state index contributed by atoms with van der Waals surface area (Å²) in [4.78, 5) is 22.6. The van der Waals surface area contributed by atoms with Crippen LogP contribution in [0.2, 0.25) is 0 Å². The highest BCUT2D eigenvalue weighted by Gasteiger charge is 2.16. The number of phenolic OH excluding ortho intramolecular Hbond substituents is 2. The molecule has 2 rings (SSSR count). The summed E-state index contributed by atoms with van der Waals surface area (Å²) < 4.78 is 13.7. The van der Waals surface area contributed by atoms with Crippen molar-refractivity contribution in [2.24, 2.45) is 0 Å². The molecule has 0 spiro atoms. The highest BCUT2D eigenvalue weighted by molar-refractivity contribution is 6.06. The van der Waals surface area contributed by atoms with Crippen molar-refractivity contribution in [1.29, 1.82) is 0 Å². The SMILES string of the molecule is O=C(O)c1ccc(NC(=O)c2cccc(O)c2O)c(F)c1. The van der Waals surface area contributed by atoms with E-state index in [4.69, 9.17) is 5.11 Å². The number of phenols is 2. The van der Waals surface area contributed by atoms with E-state index in [1.807, 2.05) is 0 Å². The standard InChI is InChI=1S/C14H10FNO5/c15-9-6-7(14(20)21)4-5-10(9)16-13(19)8-2-1-3-11(17)12(8)18/h1-6,17-18H,(H,16,19)(H,20,21). The van der Waals surface area contributed by atoms with Crippen molar-refractivity contribution in [3.8, 4) is 11.5 Å². The molecule has 2 aromatic carbocycles. The van der Waals surface area contributed by atoms with E-state index in [2.05, 4.69) is 5.32 Å². The van der Waals surface area contributed by atoms with Crippen LogP contribution in [0.15, 0.2) is 36.4 Å². The van der Waals surface area contributed by atoms with Gasteiger partial charge in [-0.2, -0.15) is 0 Å². The molecule has 0 saturated heterocycles. The van der Waals surface area contributed by atoms with Gasteiger partial charge in [0.15, 0.2) is 11.5 Å². The predicted octanol–water partition coefficient (Wildman–Crippen LogP) is 2.19. The lowest BCUT2D eigenvalue weighted by molar-refractivity contribution is 0.0696. The van der Waals surface area contributed by atoms with Crippen LogP contribution in [0, 0.1) is 5.82 Å². The number of rotatable bonds is 3. The van der Waals surface area contributed by atoms with Crippen LogP contribution in [0.25, 0.3) is 0 Å². The Morgan fingerprint density at radius 2 is 1.81 bits per heavy atom. The lowest BCUT2D eigenvalue weighted by Crippen LogP contribution is -2.13. The van der Waals surface area contributed by atoms with E-state index >= 15 is 0 Å². The molecule has 0 aliphatic carbocycles. The minimum absolute atomic E-state index is 0.239. The van der Waals surface area contributed by atoms with Gasteiger partial charge in [-0.15, -0.1) is 0 Å². The van der Waals surface area contributed by atoms with Crippen molar-refractivity contribution in [1.82, 2.24) is 0 Å². The van der Waals surface area contributed by atoms with Gasteiger partial charge >= 0.3 is 5.97 Å². The number of carbonyl (C=O) groups is 2. The smallest absolute Gasteiger partial charge is 0.335 e. The van der Waals surface area contributed by atoms with Crippen LogP contribution in [0.1, 0.15) is 20.7 Å². The largest absolute Gasteiger partial charge is 0.504 e. The minimum atomic E-state index is -1.29. The number of benzene rings is 2. The highest BCUT2D eigenvalue weighted by atomic mass is 19.1. The second-order valence-corrected chi connectivity index (χ2v) is 4.13. The average Bonchev–Trinajstić information content (AvgIpc) is 2.43. The van der Waals surface area contributed by atoms with Gasteiger partial charge in [0.25, 0.3) is 5.91 Å². The molecule has 0 radical (unpaired) electrons. The van der Waals surface area contributed by atoms with Gasteiger partial charge in [0.2, 0.25) is 0 Å². The predicted molar refractivity (Wildman–Crippen MR) is 71.1 cm³/mol. The lowest BCUT2D eigenvalue weighted by Gasteiger charge is -2.09. The summed E-state index contributed by atoms with van der Waals surface area (Å²) >= 11 is 0. The van der Waals surface area contributed by atoms with Gasteiger partial charge in [0, 0.05) is 0 Å². The lowest BCUT2D eigenvalue weighted by atomic mass is 10.1. The Morgan fingerprint density at radius 3 is 2.43 bits per heavy atom. The first-order chi connectivity index (χ1) is 9.90. The average molecular weight is 291 g/mol. The molecule has 0 aromatic heterocycles. The number of carboxylic acid groups (broad SMARTS) is 1. The minimum Gasteiger partial charge on any atom is -0.504 e. The first-order valence-electron chi connectivity index (χ1n) is 5.75. The molecule has 0 atom stereocenters. The Kier molecular flexibility index (Phi) is 3.75. The molecule has 4 N–H and O–H groups in total. The van der Waals surface area contributed by atoms with E-state index in [1.54, 1.807) is 0 Å². The van der Waals surface area contributed by atoms with Crippen LogP contribution >= 0.6 is 0 Å². The molecule has 0 unspecified atom stereocenters. The van der Waals surface area contributed by atoms with E-state index < -0.39 is 29.2 Å². The maximum absolute atomic E-state index is 13.7. The molecule has 0 aliphatic rings. The fraction of sp³-hybridized carbons (Fsp3) is 0. The van der Waals surface area contributed by atoms with Crippen LogP contribution in [0.5, 0.6) is 11.5 Å². The Hall–Kier alpha value is -3.09. The number of hydrogen-bond acceptors (Lipinski definition) is 4. The van der Waals surface area contributed by atoms with Crippen LogP contribution < -0.4 is 5.32 Å². The molecule has 0 fully saturated rings. The Morgan fingerprint density at radius 1 is 1.10 bits per heavy atom. The fourth-order valence-corrected chi connectivity index (χ4v) is 1.65. The number of aromatic hydroxyl groups is 2. The quantitative estimate of drug-likeness (QED) is 0.648. The number of hydrogen-bond donors (Lipinski definition) is 4. The van der Waals surface area contributed by atoms with Crippen molar-refractivity contribution >= 4 is 17.6 Å². The zero-order valence-electron chi connectivity index (χ0n) is 10.5. The van der Waals surface area contributed by atoms with E-state index in [0.29, 0.717) is 0 Å². The summed E-state index contributed by atoms with van der Waals surface area (Å²) in [6, 6.07) is 6.76. The molecule has 6 nitrogen and oxygen atoms in total. The van der Waals surface area contributed by atoms with Gasteiger partial charge in [-0.25, -0.2) is 9.18 Å². The Bertz CT molecular complexity index is 729. The molecule has 0 aliphatic heterocycles. The van der Waals surface area contributed by atoms with Gasteiger partial charge < -0.3 is 20.6 Å². The number of carbonyl (C=O) groups excluding carboxylic acids is 1. The van der Waals surface area contributed by atoms with Gasteiger partial charge in [0.05, 0.1) is 16.8 Å². The second kappa shape index (κ2) is 5.49. The Balaban J connectivity index is 2.28. The van der Waals surface area contributed by atoms with E-state index in [1.165, 1.54) is 18.2 Å². The number of aromatic carboxylic acids is 1. The molecular formula is C14H10FNO5. The van der Waals surface area contributed by atoms with Crippen LogP contribution in [0.4, 0.5) is 10.1 Å². The molecule has 0 saturated carbocycles. The number of halogens is 1. The topological polar surface area (TPSA) is 107 Å². The first-order valence-corrected chi connectivity index (χ1v) is 5.75. The molecule has 108 valence electrons. The summed E-state index contributed by atoms with van der Waals surface area (Å²) in [5.74, 6) is -4.17. The zero-order valence-corrected chi connectivity index (χ0v) is 10.5. The summed E-state index contributed by atoms with van der Waals surface area (Å²) in [7, 11) is 0. The summed E-state index contributed by atoms with van der Waals surface area (Å²) in [6.45, 7) is 0. The van der Waals surface area contributed by atoms with Gasteiger partial charge in [-0.05, 0) is 30.3 Å².